The van der Waals surface area contributed by atoms with Crippen molar-refractivity contribution in [3.8, 4) is 0 Å². The smallest absolute Gasteiger partial charge is 0.0335 e. The molecule has 1 aliphatic rings. The van der Waals surface area contributed by atoms with Gasteiger partial charge < -0.3 is 0 Å². The quantitative estimate of drug-likeness (QED) is 0.580. The van der Waals surface area contributed by atoms with E-state index in [9.17, 15) is 0 Å². The molecule has 0 bridgehead atoms. The molecule has 0 nitrogen and oxygen atoms in total. The van der Waals surface area contributed by atoms with Gasteiger partial charge in [-0.1, -0.05) is 56.3 Å². The summed E-state index contributed by atoms with van der Waals surface area (Å²) in [4.78, 5) is 0. The summed E-state index contributed by atoms with van der Waals surface area (Å²) in [5, 5.41) is 0. The van der Waals surface area contributed by atoms with E-state index in [2.05, 4.69) is 56.3 Å². The van der Waals surface area contributed by atoms with E-state index in [1.165, 1.54) is 5.56 Å². The highest BCUT2D eigenvalue weighted by molar-refractivity contribution is 5.47. The summed E-state index contributed by atoms with van der Waals surface area (Å²) in [6, 6.07) is 10.7. The van der Waals surface area contributed by atoms with Crippen molar-refractivity contribution in [3.63, 3.8) is 0 Å². The summed E-state index contributed by atoms with van der Waals surface area (Å²) in [6.45, 7) is 4.54. The average molecular weight is 158 g/mol. The van der Waals surface area contributed by atoms with Crippen LogP contribution in [0.1, 0.15) is 19.4 Å². The first-order valence-corrected chi connectivity index (χ1v) is 4.51. The lowest BCUT2D eigenvalue weighted by molar-refractivity contribution is 0.522. The molecule has 0 aromatic heterocycles. The van der Waals surface area contributed by atoms with Crippen molar-refractivity contribution in [3.05, 3.63) is 48.0 Å². The van der Waals surface area contributed by atoms with Crippen LogP contribution in [0.15, 0.2) is 42.5 Å². The zero-order chi connectivity index (χ0) is 8.60. The van der Waals surface area contributed by atoms with Crippen molar-refractivity contribution < 1.29 is 0 Å². The molecule has 12 heavy (non-hydrogen) atoms. The van der Waals surface area contributed by atoms with Crippen LogP contribution in [0.5, 0.6) is 0 Å². The molecule has 0 radical (unpaired) electrons. The van der Waals surface area contributed by atoms with E-state index in [1.807, 2.05) is 0 Å². The molecule has 2 rings (SSSR count). The van der Waals surface area contributed by atoms with E-state index in [0.29, 0.717) is 11.3 Å². The van der Waals surface area contributed by atoms with Crippen LogP contribution < -0.4 is 0 Å². The second-order valence-electron chi connectivity index (χ2n) is 3.79. The standard InChI is InChI=1S/C12H14/c1-10(2)12(8-9-12)11-6-4-3-5-7-11/h3-10H,1-2H3. The highest BCUT2D eigenvalue weighted by Crippen LogP contribution is 2.44. The molecule has 0 spiro atoms. The maximum Gasteiger partial charge on any atom is 0.0335 e. The van der Waals surface area contributed by atoms with Crippen LogP contribution in [0.4, 0.5) is 0 Å². The summed E-state index contributed by atoms with van der Waals surface area (Å²) in [5.41, 5.74) is 1.72. The second-order valence-corrected chi connectivity index (χ2v) is 3.79. The Bertz CT molecular complexity index is 287. The van der Waals surface area contributed by atoms with Crippen molar-refractivity contribution in [2.75, 3.05) is 0 Å². The fourth-order valence-electron chi connectivity index (χ4n) is 1.73. The Hall–Kier alpha value is -1.04. The van der Waals surface area contributed by atoms with E-state index in [0.717, 1.165) is 0 Å². The molecule has 62 valence electrons. The first-order chi connectivity index (χ1) is 5.76. The molecular weight excluding hydrogens is 144 g/mol. The fraction of sp³-hybridized carbons (Fsp3) is 0.333. The predicted molar refractivity (Wildman–Crippen MR) is 52.1 cm³/mol. The highest BCUT2D eigenvalue weighted by atomic mass is 14.4. The Labute approximate surface area is 73.9 Å². The van der Waals surface area contributed by atoms with E-state index in [4.69, 9.17) is 0 Å². The third-order valence-electron chi connectivity index (χ3n) is 2.75. The lowest BCUT2D eigenvalue weighted by Crippen LogP contribution is -2.16. The van der Waals surface area contributed by atoms with Crippen molar-refractivity contribution in [2.24, 2.45) is 5.92 Å². The van der Waals surface area contributed by atoms with Crippen molar-refractivity contribution in [2.45, 2.75) is 19.3 Å². The first-order valence-electron chi connectivity index (χ1n) is 4.51. The second kappa shape index (κ2) is 2.48. The third-order valence-corrected chi connectivity index (χ3v) is 2.75. The summed E-state index contributed by atoms with van der Waals surface area (Å²) >= 11 is 0. The SMILES string of the molecule is CC(C)C1(c2ccccc2)C=C1. The minimum atomic E-state index is 0.293. The minimum absolute atomic E-state index is 0.293. The van der Waals surface area contributed by atoms with Crippen LogP contribution in [0.25, 0.3) is 0 Å². The lowest BCUT2D eigenvalue weighted by Gasteiger charge is -2.20. The van der Waals surface area contributed by atoms with Crippen molar-refractivity contribution in [1.82, 2.24) is 0 Å². The summed E-state index contributed by atoms with van der Waals surface area (Å²) in [6.07, 6.45) is 4.60. The van der Waals surface area contributed by atoms with E-state index < -0.39 is 0 Å². The van der Waals surface area contributed by atoms with Gasteiger partial charge in [0, 0.05) is 5.41 Å². The van der Waals surface area contributed by atoms with Crippen LogP contribution in [-0.2, 0) is 5.41 Å². The number of benzene rings is 1. The van der Waals surface area contributed by atoms with Gasteiger partial charge in [0.1, 0.15) is 0 Å². The van der Waals surface area contributed by atoms with Crippen molar-refractivity contribution >= 4 is 0 Å². The van der Waals surface area contributed by atoms with Gasteiger partial charge in [-0.2, -0.15) is 0 Å². The van der Waals surface area contributed by atoms with E-state index in [-0.39, 0.29) is 0 Å². The van der Waals surface area contributed by atoms with Gasteiger partial charge in [0.25, 0.3) is 0 Å². The fourth-order valence-corrected chi connectivity index (χ4v) is 1.73. The monoisotopic (exact) mass is 158 g/mol. The Morgan fingerprint density at radius 3 is 2.00 bits per heavy atom. The lowest BCUT2D eigenvalue weighted by atomic mass is 9.83. The maximum absolute atomic E-state index is 2.30. The molecule has 0 fully saturated rings. The molecule has 0 heterocycles. The largest absolute Gasteiger partial charge is 0.0727 e. The van der Waals surface area contributed by atoms with Gasteiger partial charge in [-0.3, -0.25) is 0 Å². The van der Waals surface area contributed by atoms with Crippen LogP contribution in [0, 0.1) is 5.92 Å². The van der Waals surface area contributed by atoms with Gasteiger partial charge in [0.05, 0.1) is 0 Å². The van der Waals surface area contributed by atoms with Gasteiger partial charge in [-0.05, 0) is 11.5 Å². The van der Waals surface area contributed by atoms with Gasteiger partial charge in [-0.25, -0.2) is 0 Å². The molecule has 0 aliphatic heterocycles. The Morgan fingerprint density at radius 1 is 1.00 bits per heavy atom. The zero-order valence-electron chi connectivity index (χ0n) is 7.62. The average Bonchev–Trinajstić information content (AvgIpc) is 2.86. The first kappa shape index (κ1) is 7.60. The molecule has 0 saturated heterocycles. The molecular formula is C12H14. The molecule has 0 unspecified atom stereocenters. The molecule has 0 saturated carbocycles. The number of hydrogen-bond donors (Lipinski definition) is 0. The molecule has 1 aromatic rings. The van der Waals surface area contributed by atoms with Crippen LogP contribution in [0.3, 0.4) is 0 Å². The molecule has 0 heteroatoms. The summed E-state index contributed by atoms with van der Waals surface area (Å²) in [7, 11) is 0. The van der Waals surface area contributed by atoms with Crippen LogP contribution in [-0.4, -0.2) is 0 Å². The number of rotatable bonds is 2. The Kier molecular flexibility index (Phi) is 1.57. The summed E-state index contributed by atoms with van der Waals surface area (Å²) in [5.74, 6) is 0.680. The third kappa shape index (κ3) is 0.989. The van der Waals surface area contributed by atoms with Crippen LogP contribution in [0.2, 0.25) is 0 Å². The topological polar surface area (TPSA) is 0 Å². The molecule has 0 amide bonds. The summed E-state index contributed by atoms with van der Waals surface area (Å²) < 4.78 is 0. The van der Waals surface area contributed by atoms with Crippen molar-refractivity contribution in [1.29, 1.82) is 0 Å². The minimum Gasteiger partial charge on any atom is -0.0727 e. The normalized spacial score (nSPS) is 18.2. The van der Waals surface area contributed by atoms with Crippen LogP contribution >= 0.6 is 0 Å². The van der Waals surface area contributed by atoms with E-state index in [1.54, 1.807) is 0 Å². The zero-order valence-corrected chi connectivity index (χ0v) is 7.62. The number of allylic oxidation sites excluding steroid dienone is 2. The Balaban J connectivity index is 2.32. The maximum atomic E-state index is 2.30. The Morgan fingerprint density at radius 2 is 1.58 bits per heavy atom. The molecule has 1 aromatic carbocycles. The van der Waals surface area contributed by atoms with Gasteiger partial charge in [0.15, 0.2) is 0 Å². The highest BCUT2D eigenvalue weighted by Gasteiger charge is 2.38. The molecule has 0 N–H and O–H groups in total. The molecule has 1 aliphatic carbocycles. The van der Waals surface area contributed by atoms with E-state index >= 15 is 0 Å². The van der Waals surface area contributed by atoms with Gasteiger partial charge in [0.2, 0.25) is 0 Å². The molecule has 0 atom stereocenters. The number of hydrogen-bond acceptors (Lipinski definition) is 0. The van der Waals surface area contributed by atoms with Gasteiger partial charge >= 0.3 is 0 Å². The van der Waals surface area contributed by atoms with Gasteiger partial charge in [-0.15, -0.1) is 0 Å². The predicted octanol–water partition coefficient (Wildman–Crippen LogP) is 3.15.